The van der Waals surface area contributed by atoms with E-state index >= 15 is 0 Å². The number of oxime groups is 1. The third-order valence-electron chi connectivity index (χ3n) is 2.73. The summed E-state index contributed by atoms with van der Waals surface area (Å²) in [5.74, 6) is 0.196. The number of nitrogens with zero attached hydrogens (tertiary/aromatic N) is 2. The Morgan fingerprint density at radius 2 is 2.10 bits per heavy atom. The predicted molar refractivity (Wildman–Crippen MR) is 77.8 cm³/mol. The van der Waals surface area contributed by atoms with Gasteiger partial charge in [0, 0.05) is 23.5 Å². The molecule has 6 heteroatoms. The molecule has 0 unspecified atom stereocenters. The first-order valence-electron chi connectivity index (χ1n) is 6.26. The van der Waals surface area contributed by atoms with Crippen LogP contribution in [0.5, 0.6) is 5.75 Å². The third-order valence-corrected chi connectivity index (χ3v) is 2.73. The lowest BCUT2D eigenvalue weighted by atomic mass is 10.1. The number of carbonyl (C=O) groups excluding carboxylic acids is 1. The fourth-order valence-corrected chi connectivity index (χ4v) is 1.70. The Morgan fingerprint density at radius 3 is 2.81 bits per heavy atom. The van der Waals surface area contributed by atoms with E-state index in [4.69, 9.17) is 15.3 Å². The number of carbonyl (C=O) groups is 1. The average Bonchev–Trinajstić information content (AvgIpc) is 2.54. The second kappa shape index (κ2) is 7.04. The monoisotopic (exact) mass is 285 g/mol. The SMILES string of the molecule is COc1ccccc1CC(=O)O/N=C(\N)c1cccnc1. The number of nitrogens with two attached hydrogens (primary N) is 1. The molecule has 0 spiro atoms. The van der Waals surface area contributed by atoms with Crippen molar-refractivity contribution in [1.29, 1.82) is 0 Å². The van der Waals surface area contributed by atoms with Crippen LogP contribution in [0.3, 0.4) is 0 Å². The van der Waals surface area contributed by atoms with Crippen molar-refractivity contribution in [1.82, 2.24) is 4.98 Å². The number of benzene rings is 1. The second-order valence-electron chi connectivity index (χ2n) is 4.17. The molecule has 0 saturated heterocycles. The molecule has 1 aromatic carbocycles. The molecule has 21 heavy (non-hydrogen) atoms. The maximum Gasteiger partial charge on any atom is 0.339 e. The van der Waals surface area contributed by atoms with Crippen LogP contribution in [0, 0.1) is 0 Å². The fourth-order valence-electron chi connectivity index (χ4n) is 1.70. The molecule has 0 amide bonds. The maximum absolute atomic E-state index is 11.8. The number of rotatable bonds is 5. The van der Waals surface area contributed by atoms with Gasteiger partial charge in [0.15, 0.2) is 5.84 Å². The molecule has 0 aliphatic carbocycles. The maximum atomic E-state index is 11.8. The van der Waals surface area contributed by atoms with Crippen molar-refractivity contribution in [3.63, 3.8) is 0 Å². The van der Waals surface area contributed by atoms with Crippen LogP contribution >= 0.6 is 0 Å². The lowest BCUT2D eigenvalue weighted by Crippen LogP contribution is -2.16. The highest BCUT2D eigenvalue weighted by molar-refractivity contribution is 5.97. The molecule has 108 valence electrons. The van der Waals surface area contributed by atoms with Gasteiger partial charge in [-0.05, 0) is 18.2 Å². The first-order chi connectivity index (χ1) is 10.2. The summed E-state index contributed by atoms with van der Waals surface area (Å²) in [5, 5.41) is 3.61. The second-order valence-corrected chi connectivity index (χ2v) is 4.17. The summed E-state index contributed by atoms with van der Waals surface area (Å²) in [6, 6.07) is 10.6. The molecule has 0 fully saturated rings. The van der Waals surface area contributed by atoms with Crippen LogP contribution in [0.4, 0.5) is 0 Å². The van der Waals surface area contributed by atoms with E-state index in [1.54, 1.807) is 37.6 Å². The normalized spacial score (nSPS) is 11.0. The lowest BCUT2D eigenvalue weighted by molar-refractivity contribution is -0.142. The fraction of sp³-hybridized carbons (Fsp3) is 0.133. The number of aromatic nitrogens is 1. The summed E-state index contributed by atoms with van der Waals surface area (Å²) in [4.78, 5) is 20.5. The van der Waals surface area contributed by atoms with Crippen molar-refractivity contribution in [3.05, 3.63) is 59.9 Å². The molecule has 6 nitrogen and oxygen atoms in total. The van der Waals surface area contributed by atoms with E-state index < -0.39 is 5.97 Å². The van der Waals surface area contributed by atoms with E-state index in [1.165, 1.54) is 6.20 Å². The van der Waals surface area contributed by atoms with Crippen LogP contribution in [0.25, 0.3) is 0 Å². The van der Waals surface area contributed by atoms with E-state index in [0.717, 1.165) is 5.56 Å². The average molecular weight is 285 g/mol. The summed E-state index contributed by atoms with van der Waals surface area (Å²) >= 11 is 0. The molecule has 0 atom stereocenters. The molecule has 1 aromatic heterocycles. The minimum absolute atomic E-state index is 0.0494. The topological polar surface area (TPSA) is 86.8 Å². The zero-order chi connectivity index (χ0) is 15.1. The van der Waals surface area contributed by atoms with Crippen molar-refractivity contribution in [2.45, 2.75) is 6.42 Å². The van der Waals surface area contributed by atoms with E-state index in [0.29, 0.717) is 11.3 Å². The van der Waals surface area contributed by atoms with Gasteiger partial charge in [-0.3, -0.25) is 4.98 Å². The Bertz CT molecular complexity index is 642. The van der Waals surface area contributed by atoms with Crippen LogP contribution in [0.15, 0.2) is 53.9 Å². The molecule has 0 radical (unpaired) electrons. The van der Waals surface area contributed by atoms with E-state index in [2.05, 4.69) is 10.1 Å². The number of pyridine rings is 1. The van der Waals surface area contributed by atoms with Crippen molar-refractivity contribution < 1.29 is 14.4 Å². The molecule has 0 bridgehead atoms. The van der Waals surface area contributed by atoms with Gasteiger partial charge in [-0.1, -0.05) is 23.4 Å². The van der Waals surface area contributed by atoms with Gasteiger partial charge >= 0.3 is 5.97 Å². The zero-order valence-electron chi connectivity index (χ0n) is 11.5. The number of hydrogen-bond acceptors (Lipinski definition) is 5. The van der Waals surface area contributed by atoms with Gasteiger partial charge in [0.2, 0.25) is 0 Å². The van der Waals surface area contributed by atoms with Crippen LogP contribution in [0.2, 0.25) is 0 Å². The number of methoxy groups -OCH3 is 1. The summed E-state index contributed by atoms with van der Waals surface area (Å²) in [6.07, 6.45) is 3.20. The van der Waals surface area contributed by atoms with Crippen molar-refractivity contribution in [2.75, 3.05) is 7.11 Å². The van der Waals surface area contributed by atoms with Crippen LogP contribution in [-0.2, 0) is 16.1 Å². The smallest absolute Gasteiger partial charge is 0.339 e. The van der Waals surface area contributed by atoms with E-state index in [-0.39, 0.29) is 12.3 Å². The van der Waals surface area contributed by atoms with Gasteiger partial charge in [0.25, 0.3) is 0 Å². The summed E-state index contributed by atoms with van der Waals surface area (Å²) in [7, 11) is 1.54. The minimum atomic E-state index is -0.522. The third kappa shape index (κ3) is 4.04. The first kappa shape index (κ1) is 14.5. The zero-order valence-corrected chi connectivity index (χ0v) is 11.5. The summed E-state index contributed by atoms with van der Waals surface area (Å²) in [5.41, 5.74) is 7.01. The first-order valence-corrected chi connectivity index (χ1v) is 6.26. The Labute approximate surface area is 122 Å². The van der Waals surface area contributed by atoms with Gasteiger partial charge < -0.3 is 15.3 Å². The van der Waals surface area contributed by atoms with Gasteiger partial charge in [0.05, 0.1) is 13.5 Å². The molecule has 2 N–H and O–H groups in total. The Hall–Kier alpha value is -2.89. The van der Waals surface area contributed by atoms with Gasteiger partial charge in [-0.15, -0.1) is 0 Å². The summed E-state index contributed by atoms with van der Waals surface area (Å²) < 4.78 is 5.16. The molecular formula is C15H15N3O3. The molecule has 0 aliphatic rings. The number of hydrogen-bond donors (Lipinski definition) is 1. The van der Waals surface area contributed by atoms with Crippen molar-refractivity contribution in [3.8, 4) is 5.75 Å². The summed E-state index contributed by atoms with van der Waals surface area (Å²) in [6.45, 7) is 0. The van der Waals surface area contributed by atoms with Crippen molar-refractivity contribution in [2.24, 2.45) is 10.9 Å². The quantitative estimate of drug-likeness (QED) is 0.389. The number of amidine groups is 1. The molecule has 0 aliphatic heterocycles. The highest BCUT2D eigenvalue weighted by Crippen LogP contribution is 2.18. The number of para-hydroxylation sites is 1. The Kier molecular flexibility index (Phi) is 4.87. The molecule has 1 heterocycles. The lowest BCUT2D eigenvalue weighted by Gasteiger charge is -2.06. The predicted octanol–water partition coefficient (Wildman–Crippen LogP) is 1.50. The van der Waals surface area contributed by atoms with Gasteiger partial charge in [0.1, 0.15) is 5.75 Å². The molecule has 0 saturated carbocycles. The molecule has 2 rings (SSSR count). The van der Waals surface area contributed by atoms with Crippen molar-refractivity contribution >= 4 is 11.8 Å². The highest BCUT2D eigenvalue weighted by atomic mass is 16.7. The molecular weight excluding hydrogens is 270 g/mol. The van der Waals surface area contributed by atoms with Crippen LogP contribution in [-0.4, -0.2) is 23.9 Å². The van der Waals surface area contributed by atoms with E-state index in [9.17, 15) is 4.79 Å². The molecule has 2 aromatic rings. The van der Waals surface area contributed by atoms with Crippen LogP contribution in [0.1, 0.15) is 11.1 Å². The van der Waals surface area contributed by atoms with Crippen LogP contribution < -0.4 is 10.5 Å². The largest absolute Gasteiger partial charge is 0.496 e. The minimum Gasteiger partial charge on any atom is -0.496 e. The Morgan fingerprint density at radius 1 is 1.29 bits per heavy atom. The van der Waals surface area contributed by atoms with Gasteiger partial charge in [-0.2, -0.15) is 0 Å². The standard InChI is InChI=1S/C15H15N3O3/c1-20-13-7-3-2-5-11(13)9-14(19)21-18-15(16)12-6-4-8-17-10-12/h2-8,10H,9H2,1H3,(H2,16,18). The number of ether oxygens (including phenoxy) is 1. The van der Waals surface area contributed by atoms with Gasteiger partial charge in [-0.25, -0.2) is 4.79 Å². The Balaban J connectivity index is 1.99. The van der Waals surface area contributed by atoms with E-state index in [1.807, 2.05) is 12.1 Å². The highest BCUT2D eigenvalue weighted by Gasteiger charge is 2.10.